The molecule has 0 spiro atoms. The van der Waals surface area contributed by atoms with E-state index in [0.717, 1.165) is 31.7 Å². The molecule has 2 atom stereocenters. The third-order valence-corrected chi connectivity index (χ3v) is 4.23. The highest BCUT2D eigenvalue weighted by Gasteiger charge is 2.35. The maximum Gasteiger partial charge on any atom is 0.127 e. The first-order chi connectivity index (χ1) is 7.62. The topological polar surface area (TPSA) is 20.3 Å². The molecule has 0 N–H and O–H groups in total. The Kier molecular flexibility index (Phi) is 5.84. The summed E-state index contributed by atoms with van der Waals surface area (Å²) < 4.78 is 0. The summed E-state index contributed by atoms with van der Waals surface area (Å²) >= 11 is 1.87. The average Bonchev–Trinajstić information content (AvgIpc) is 2.26. The van der Waals surface area contributed by atoms with Gasteiger partial charge in [-0.25, -0.2) is 0 Å². The minimum atomic E-state index is -0.0508. The van der Waals surface area contributed by atoms with Crippen LogP contribution in [0.4, 0.5) is 0 Å². The molecule has 0 saturated heterocycles. The molecule has 1 fully saturated rings. The number of thioether (sulfide) groups is 1. The van der Waals surface area contributed by atoms with E-state index in [1.54, 1.807) is 0 Å². The Morgan fingerprint density at radius 3 is 2.88 bits per heavy atom. The first-order valence-corrected chi connectivity index (χ1v) is 7.65. The second-order valence-corrected chi connectivity index (χ2v) is 6.40. The van der Waals surface area contributed by atoms with E-state index >= 15 is 0 Å². The average molecular weight is 243 g/mol. The number of carbonyl (C=O) groups is 1. The maximum absolute atomic E-state index is 11.4. The predicted molar refractivity (Wildman–Crippen MR) is 72.0 cm³/mol. The monoisotopic (exact) mass is 243 g/mol. The van der Waals surface area contributed by atoms with E-state index in [1.807, 2.05) is 11.8 Å². The fourth-order valence-corrected chi connectivity index (χ4v) is 3.35. The fourth-order valence-electron chi connectivity index (χ4n) is 2.85. The largest absolute Gasteiger partial charge is 0.305 e. The van der Waals surface area contributed by atoms with Crippen molar-refractivity contribution in [3.8, 4) is 0 Å². The summed E-state index contributed by atoms with van der Waals surface area (Å²) in [6, 6.07) is 0. The summed E-state index contributed by atoms with van der Waals surface area (Å²) in [4.78, 5) is 13.7. The van der Waals surface area contributed by atoms with Gasteiger partial charge in [-0.15, -0.1) is 0 Å². The summed E-state index contributed by atoms with van der Waals surface area (Å²) in [5.74, 6) is 1.87. The van der Waals surface area contributed by atoms with Crippen LogP contribution in [0, 0.1) is 11.3 Å². The zero-order valence-electron chi connectivity index (χ0n) is 10.9. The van der Waals surface area contributed by atoms with Gasteiger partial charge in [-0.1, -0.05) is 19.8 Å². The van der Waals surface area contributed by atoms with Crippen LogP contribution in [0.15, 0.2) is 0 Å². The van der Waals surface area contributed by atoms with Gasteiger partial charge in [0.2, 0.25) is 0 Å². The SMILES string of the molecule is CSCCN(C)CC1(C=O)CCCC(C)C1. The van der Waals surface area contributed by atoms with Crippen LogP contribution < -0.4 is 0 Å². The fraction of sp³-hybridized carbons (Fsp3) is 0.923. The second kappa shape index (κ2) is 6.65. The highest BCUT2D eigenvalue weighted by Crippen LogP contribution is 2.38. The van der Waals surface area contributed by atoms with E-state index in [0.29, 0.717) is 5.92 Å². The number of hydrogen-bond donors (Lipinski definition) is 0. The molecule has 2 nitrogen and oxygen atoms in total. The van der Waals surface area contributed by atoms with Gasteiger partial charge >= 0.3 is 0 Å². The van der Waals surface area contributed by atoms with Gasteiger partial charge in [-0.05, 0) is 32.1 Å². The van der Waals surface area contributed by atoms with Crippen molar-refractivity contribution in [1.82, 2.24) is 4.90 Å². The van der Waals surface area contributed by atoms with Crippen molar-refractivity contribution in [1.29, 1.82) is 0 Å². The first-order valence-electron chi connectivity index (χ1n) is 6.26. The minimum Gasteiger partial charge on any atom is -0.305 e. The Balaban J connectivity index is 2.48. The number of nitrogens with zero attached hydrogens (tertiary/aromatic N) is 1. The van der Waals surface area contributed by atoms with Crippen molar-refractivity contribution in [2.45, 2.75) is 32.6 Å². The molecule has 2 unspecified atom stereocenters. The number of carbonyl (C=O) groups excluding carboxylic acids is 1. The summed E-state index contributed by atoms with van der Waals surface area (Å²) in [5, 5.41) is 0. The van der Waals surface area contributed by atoms with Crippen LogP contribution in [0.3, 0.4) is 0 Å². The van der Waals surface area contributed by atoms with Crippen LogP contribution in [0.1, 0.15) is 32.6 Å². The molecule has 1 aliphatic rings. The van der Waals surface area contributed by atoms with Crippen molar-refractivity contribution in [2.75, 3.05) is 32.1 Å². The summed E-state index contributed by atoms with van der Waals surface area (Å²) in [5.41, 5.74) is -0.0508. The molecule has 16 heavy (non-hydrogen) atoms. The first kappa shape index (κ1) is 14.0. The Bertz CT molecular complexity index is 222. The molecule has 0 aromatic rings. The van der Waals surface area contributed by atoms with Gasteiger partial charge in [-0.3, -0.25) is 0 Å². The van der Waals surface area contributed by atoms with Crippen LogP contribution in [0.25, 0.3) is 0 Å². The van der Waals surface area contributed by atoms with Gasteiger partial charge in [0, 0.05) is 24.3 Å². The molecule has 3 heteroatoms. The van der Waals surface area contributed by atoms with Crippen LogP contribution >= 0.6 is 11.8 Å². The molecule has 0 aromatic carbocycles. The molecular formula is C13H25NOS. The Hall–Kier alpha value is -0.0200. The van der Waals surface area contributed by atoms with Gasteiger partial charge in [0.1, 0.15) is 6.29 Å². The lowest BCUT2D eigenvalue weighted by Crippen LogP contribution is -2.41. The van der Waals surface area contributed by atoms with Gasteiger partial charge in [0.05, 0.1) is 0 Å². The van der Waals surface area contributed by atoms with Gasteiger partial charge in [0.15, 0.2) is 0 Å². The summed E-state index contributed by atoms with van der Waals surface area (Å²) in [7, 11) is 2.14. The van der Waals surface area contributed by atoms with E-state index in [1.165, 1.54) is 19.1 Å². The Morgan fingerprint density at radius 1 is 1.56 bits per heavy atom. The maximum atomic E-state index is 11.4. The molecule has 0 bridgehead atoms. The smallest absolute Gasteiger partial charge is 0.127 e. The molecule has 0 amide bonds. The van der Waals surface area contributed by atoms with E-state index in [2.05, 4.69) is 25.1 Å². The second-order valence-electron chi connectivity index (χ2n) is 5.41. The summed E-state index contributed by atoms with van der Waals surface area (Å²) in [6.45, 7) is 4.31. The summed E-state index contributed by atoms with van der Waals surface area (Å²) in [6.07, 6.45) is 8.05. The van der Waals surface area contributed by atoms with E-state index in [-0.39, 0.29) is 5.41 Å². The van der Waals surface area contributed by atoms with E-state index in [9.17, 15) is 4.79 Å². The lowest BCUT2D eigenvalue weighted by molar-refractivity contribution is -0.119. The minimum absolute atomic E-state index is 0.0508. The standard InChI is InChI=1S/C13H25NOS/c1-12-5-4-6-13(9-12,11-15)10-14(2)7-8-16-3/h11-12H,4-10H2,1-3H3. The van der Waals surface area contributed by atoms with Gasteiger partial charge in [0.25, 0.3) is 0 Å². The van der Waals surface area contributed by atoms with Crippen molar-refractivity contribution in [3.05, 3.63) is 0 Å². The van der Waals surface area contributed by atoms with Crippen LogP contribution in [0.5, 0.6) is 0 Å². The quantitative estimate of drug-likeness (QED) is 0.669. The number of rotatable bonds is 6. The normalized spacial score (nSPS) is 30.6. The van der Waals surface area contributed by atoms with E-state index < -0.39 is 0 Å². The molecule has 1 aliphatic carbocycles. The number of hydrogen-bond acceptors (Lipinski definition) is 3. The highest BCUT2D eigenvalue weighted by molar-refractivity contribution is 7.98. The third kappa shape index (κ3) is 4.10. The molecule has 1 rings (SSSR count). The van der Waals surface area contributed by atoms with E-state index in [4.69, 9.17) is 0 Å². The molecular weight excluding hydrogens is 218 g/mol. The third-order valence-electron chi connectivity index (χ3n) is 3.64. The Labute approximate surface area is 104 Å². The molecule has 94 valence electrons. The van der Waals surface area contributed by atoms with Crippen molar-refractivity contribution < 1.29 is 4.79 Å². The predicted octanol–water partition coefficient (Wildman–Crippen LogP) is 2.68. The lowest BCUT2D eigenvalue weighted by Gasteiger charge is -2.38. The van der Waals surface area contributed by atoms with Crippen LogP contribution in [-0.4, -0.2) is 43.3 Å². The van der Waals surface area contributed by atoms with Crippen LogP contribution in [0.2, 0.25) is 0 Å². The molecule has 0 aliphatic heterocycles. The molecule has 0 heterocycles. The van der Waals surface area contributed by atoms with Gasteiger partial charge in [-0.2, -0.15) is 11.8 Å². The molecule has 0 radical (unpaired) electrons. The zero-order chi connectivity index (χ0) is 12.0. The van der Waals surface area contributed by atoms with Crippen LogP contribution in [-0.2, 0) is 4.79 Å². The van der Waals surface area contributed by atoms with Crippen molar-refractivity contribution in [3.63, 3.8) is 0 Å². The van der Waals surface area contributed by atoms with Crippen molar-refractivity contribution >= 4 is 18.0 Å². The van der Waals surface area contributed by atoms with Crippen molar-refractivity contribution in [2.24, 2.45) is 11.3 Å². The Morgan fingerprint density at radius 2 is 2.31 bits per heavy atom. The van der Waals surface area contributed by atoms with Gasteiger partial charge < -0.3 is 9.69 Å². The number of aldehydes is 1. The molecule has 1 saturated carbocycles. The highest BCUT2D eigenvalue weighted by atomic mass is 32.2. The lowest BCUT2D eigenvalue weighted by atomic mass is 9.71. The zero-order valence-corrected chi connectivity index (χ0v) is 11.7. The molecule has 0 aromatic heterocycles.